The zero-order valence-corrected chi connectivity index (χ0v) is 13.0. The molecule has 0 spiro atoms. The third-order valence-corrected chi connectivity index (χ3v) is 3.27. The molecule has 0 saturated carbocycles. The Morgan fingerprint density at radius 1 is 1.33 bits per heavy atom. The summed E-state index contributed by atoms with van der Waals surface area (Å²) in [6.07, 6.45) is 0.695. The van der Waals surface area contributed by atoms with Gasteiger partial charge in [-0.2, -0.15) is 0 Å². The maximum atomic E-state index is 12.0. The predicted molar refractivity (Wildman–Crippen MR) is 79.7 cm³/mol. The van der Waals surface area contributed by atoms with Crippen molar-refractivity contribution in [3.63, 3.8) is 0 Å². The average Bonchev–Trinajstić information content (AvgIpc) is 2.21. The fourth-order valence-electron chi connectivity index (χ4n) is 1.94. The zero-order chi connectivity index (χ0) is 13.9. The summed E-state index contributed by atoms with van der Waals surface area (Å²) in [7, 11) is 0. The van der Waals surface area contributed by atoms with E-state index in [9.17, 15) is 4.79 Å². The van der Waals surface area contributed by atoms with Crippen LogP contribution in [0.2, 0.25) is 0 Å². The summed E-state index contributed by atoms with van der Waals surface area (Å²) in [4.78, 5) is 12.0. The van der Waals surface area contributed by atoms with E-state index in [0.717, 1.165) is 21.3 Å². The van der Waals surface area contributed by atoms with Crippen molar-refractivity contribution in [2.24, 2.45) is 11.7 Å². The van der Waals surface area contributed by atoms with Crippen LogP contribution < -0.4 is 11.1 Å². The van der Waals surface area contributed by atoms with Gasteiger partial charge in [0.2, 0.25) is 5.91 Å². The zero-order valence-electron chi connectivity index (χ0n) is 11.4. The quantitative estimate of drug-likeness (QED) is 0.895. The first-order chi connectivity index (χ1) is 8.31. The fourth-order valence-corrected chi connectivity index (χ4v) is 2.63. The first-order valence-corrected chi connectivity index (χ1v) is 6.93. The van der Waals surface area contributed by atoms with E-state index in [-0.39, 0.29) is 5.91 Å². The van der Waals surface area contributed by atoms with E-state index in [4.69, 9.17) is 5.73 Å². The minimum atomic E-state index is -0.451. The Kier molecular flexibility index (Phi) is 5.35. The SMILES string of the molecule is Cc1cc(Br)cc(C)c1NC(=O)C(N)CC(C)C. The third-order valence-electron chi connectivity index (χ3n) is 2.81. The van der Waals surface area contributed by atoms with Gasteiger partial charge in [0.25, 0.3) is 0 Å². The molecule has 1 rings (SSSR count). The second-order valence-electron chi connectivity index (χ2n) is 5.14. The van der Waals surface area contributed by atoms with Gasteiger partial charge in [-0.15, -0.1) is 0 Å². The minimum absolute atomic E-state index is 0.114. The lowest BCUT2D eigenvalue weighted by atomic mass is 10.0. The van der Waals surface area contributed by atoms with Crippen molar-refractivity contribution in [2.75, 3.05) is 5.32 Å². The molecule has 3 nitrogen and oxygen atoms in total. The number of halogens is 1. The second kappa shape index (κ2) is 6.34. The van der Waals surface area contributed by atoms with E-state index in [0.29, 0.717) is 12.3 Å². The molecule has 0 radical (unpaired) electrons. The molecule has 0 aliphatic rings. The van der Waals surface area contributed by atoms with Crippen molar-refractivity contribution in [3.05, 3.63) is 27.7 Å². The highest BCUT2D eigenvalue weighted by Crippen LogP contribution is 2.25. The summed E-state index contributed by atoms with van der Waals surface area (Å²) >= 11 is 3.44. The maximum absolute atomic E-state index is 12.0. The molecule has 0 aliphatic carbocycles. The molecule has 1 amide bonds. The number of nitrogens with two attached hydrogens (primary N) is 1. The molecule has 18 heavy (non-hydrogen) atoms. The lowest BCUT2D eigenvalue weighted by molar-refractivity contribution is -0.117. The van der Waals surface area contributed by atoms with Crippen molar-refractivity contribution in [1.82, 2.24) is 0 Å². The maximum Gasteiger partial charge on any atom is 0.241 e. The number of benzene rings is 1. The van der Waals surface area contributed by atoms with Gasteiger partial charge in [-0.25, -0.2) is 0 Å². The summed E-state index contributed by atoms with van der Waals surface area (Å²) in [5.41, 5.74) is 8.81. The van der Waals surface area contributed by atoms with Gasteiger partial charge in [-0.3, -0.25) is 4.79 Å². The molecule has 1 aromatic carbocycles. The van der Waals surface area contributed by atoms with Crippen LogP contribution in [0, 0.1) is 19.8 Å². The molecule has 0 bridgehead atoms. The monoisotopic (exact) mass is 312 g/mol. The van der Waals surface area contributed by atoms with Crippen LogP contribution in [0.3, 0.4) is 0 Å². The highest BCUT2D eigenvalue weighted by atomic mass is 79.9. The lowest BCUT2D eigenvalue weighted by Gasteiger charge is -2.17. The van der Waals surface area contributed by atoms with Crippen LogP contribution >= 0.6 is 15.9 Å². The lowest BCUT2D eigenvalue weighted by Crippen LogP contribution is -2.37. The van der Waals surface area contributed by atoms with E-state index in [2.05, 4.69) is 35.1 Å². The van der Waals surface area contributed by atoms with Gasteiger partial charge in [0, 0.05) is 10.2 Å². The Morgan fingerprint density at radius 3 is 2.28 bits per heavy atom. The number of amides is 1. The van der Waals surface area contributed by atoms with E-state index >= 15 is 0 Å². The number of anilines is 1. The molecule has 0 fully saturated rings. The molecule has 3 N–H and O–H groups in total. The highest BCUT2D eigenvalue weighted by molar-refractivity contribution is 9.10. The summed E-state index contributed by atoms with van der Waals surface area (Å²) in [6, 6.07) is 3.51. The molecular formula is C14H21BrN2O. The van der Waals surface area contributed by atoms with Crippen molar-refractivity contribution in [3.8, 4) is 0 Å². The summed E-state index contributed by atoms with van der Waals surface area (Å²) in [6.45, 7) is 8.06. The van der Waals surface area contributed by atoms with Crippen molar-refractivity contribution >= 4 is 27.5 Å². The Labute approximate surface area is 117 Å². The average molecular weight is 313 g/mol. The number of carbonyl (C=O) groups is 1. The van der Waals surface area contributed by atoms with E-state index < -0.39 is 6.04 Å². The van der Waals surface area contributed by atoms with Crippen LogP contribution in [-0.2, 0) is 4.79 Å². The summed E-state index contributed by atoms with van der Waals surface area (Å²) in [5, 5.41) is 2.93. The molecule has 0 saturated heterocycles. The molecule has 1 unspecified atom stereocenters. The minimum Gasteiger partial charge on any atom is -0.324 e. The molecular weight excluding hydrogens is 292 g/mol. The standard InChI is InChI=1S/C14H21BrN2O/c1-8(2)5-12(16)14(18)17-13-9(3)6-11(15)7-10(13)4/h6-8,12H,5,16H2,1-4H3,(H,17,18). The third kappa shape index (κ3) is 4.10. The van der Waals surface area contributed by atoms with Gasteiger partial charge in [-0.1, -0.05) is 29.8 Å². The van der Waals surface area contributed by atoms with Crippen molar-refractivity contribution < 1.29 is 4.79 Å². The molecule has 0 aliphatic heterocycles. The molecule has 4 heteroatoms. The number of rotatable bonds is 4. The van der Waals surface area contributed by atoms with Gasteiger partial charge < -0.3 is 11.1 Å². The smallest absolute Gasteiger partial charge is 0.241 e. The van der Waals surface area contributed by atoms with Gasteiger partial charge in [0.1, 0.15) is 0 Å². The first kappa shape index (κ1) is 15.2. The normalized spacial score (nSPS) is 12.6. The van der Waals surface area contributed by atoms with E-state index in [1.807, 2.05) is 26.0 Å². The number of nitrogens with one attached hydrogen (secondary N) is 1. The molecule has 0 heterocycles. The second-order valence-corrected chi connectivity index (χ2v) is 6.06. The summed E-state index contributed by atoms with van der Waals surface area (Å²) in [5.74, 6) is 0.301. The molecule has 1 atom stereocenters. The van der Waals surface area contributed by atoms with Crippen LogP contribution in [0.1, 0.15) is 31.4 Å². The highest BCUT2D eigenvalue weighted by Gasteiger charge is 2.16. The Bertz CT molecular complexity index is 420. The van der Waals surface area contributed by atoms with E-state index in [1.165, 1.54) is 0 Å². The Hall–Kier alpha value is -0.870. The van der Waals surface area contributed by atoms with Crippen LogP contribution in [-0.4, -0.2) is 11.9 Å². The van der Waals surface area contributed by atoms with Crippen LogP contribution in [0.15, 0.2) is 16.6 Å². The van der Waals surface area contributed by atoms with Gasteiger partial charge >= 0.3 is 0 Å². The number of hydrogen-bond donors (Lipinski definition) is 2. The molecule has 0 aromatic heterocycles. The van der Waals surface area contributed by atoms with E-state index in [1.54, 1.807) is 0 Å². The van der Waals surface area contributed by atoms with Gasteiger partial charge in [-0.05, 0) is 49.4 Å². The Morgan fingerprint density at radius 2 is 1.83 bits per heavy atom. The first-order valence-electron chi connectivity index (χ1n) is 6.14. The van der Waals surface area contributed by atoms with Crippen molar-refractivity contribution in [2.45, 2.75) is 40.2 Å². The number of aryl methyl sites for hydroxylation is 2. The number of hydrogen-bond acceptors (Lipinski definition) is 2. The van der Waals surface area contributed by atoms with Crippen molar-refractivity contribution in [1.29, 1.82) is 0 Å². The predicted octanol–water partition coefficient (Wildman–Crippen LogP) is 3.38. The summed E-state index contributed by atoms with van der Waals surface area (Å²) < 4.78 is 1.02. The molecule has 1 aromatic rings. The molecule has 100 valence electrons. The van der Waals surface area contributed by atoms with Gasteiger partial charge in [0.15, 0.2) is 0 Å². The van der Waals surface area contributed by atoms with Crippen LogP contribution in [0.25, 0.3) is 0 Å². The topological polar surface area (TPSA) is 55.1 Å². The fraction of sp³-hybridized carbons (Fsp3) is 0.500. The van der Waals surface area contributed by atoms with Gasteiger partial charge in [0.05, 0.1) is 6.04 Å². The number of carbonyl (C=O) groups excluding carboxylic acids is 1. The largest absolute Gasteiger partial charge is 0.324 e. The van der Waals surface area contributed by atoms with Crippen LogP contribution in [0.5, 0.6) is 0 Å². The Balaban J connectivity index is 2.82. The van der Waals surface area contributed by atoms with Crippen LogP contribution in [0.4, 0.5) is 5.69 Å².